The number of aromatic nitrogens is 1. The number of carbonyl (C=O) groups excluding carboxylic acids is 1. The normalized spacial score (nSPS) is 10.8. The minimum absolute atomic E-state index is 0.0448. The summed E-state index contributed by atoms with van der Waals surface area (Å²) in [7, 11) is 1.46. The number of anilines is 2. The molecule has 2 aromatic carbocycles. The smallest absolute Gasteiger partial charge is 0.343 e. The zero-order chi connectivity index (χ0) is 24.1. The van der Waals surface area contributed by atoms with Gasteiger partial charge in [-0.3, -0.25) is 14.9 Å². The number of nitrogens with one attached hydrogen (secondary N) is 1. The van der Waals surface area contributed by atoms with Crippen molar-refractivity contribution >= 4 is 33.9 Å². The molecule has 0 aliphatic heterocycles. The van der Waals surface area contributed by atoms with Crippen molar-refractivity contribution in [2.75, 3.05) is 19.0 Å². The van der Waals surface area contributed by atoms with Gasteiger partial charge in [-0.15, -0.1) is 0 Å². The maximum atomic E-state index is 15.2. The van der Waals surface area contributed by atoms with Gasteiger partial charge in [-0.05, 0) is 31.5 Å². The van der Waals surface area contributed by atoms with Crippen LogP contribution in [0, 0.1) is 15.9 Å². The molecule has 33 heavy (non-hydrogen) atoms. The van der Waals surface area contributed by atoms with E-state index < -0.39 is 33.5 Å². The van der Waals surface area contributed by atoms with Crippen molar-refractivity contribution in [1.29, 1.82) is 0 Å². The summed E-state index contributed by atoms with van der Waals surface area (Å²) in [6.07, 6.45) is 2.62. The monoisotopic (exact) mass is 457 g/mol. The Bertz CT molecular complexity index is 1270. The predicted octanol–water partition coefficient (Wildman–Crippen LogP) is 4.78. The molecule has 0 fully saturated rings. The van der Waals surface area contributed by atoms with Crippen LogP contribution in [-0.4, -0.2) is 29.2 Å². The fourth-order valence-electron chi connectivity index (χ4n) is 3.52. The van der Waals surface area contributed by atoms with E-state index in [2.05, 4.69) is 5.32 Å². The summed E-state index contributed by atoms with van der Waals surface area (Å²) in [5.41, 5.74) is -1.83. The molecule has 0 amide bonds. The maximum Gasteiger partial charge on any atom is 0.343 e. The number of carbonyl (C=O) groups is 1. The average molecular weight is 457 g/mol. The standard InChI is InChI=1S/C23H24FN3O6/c1-4-6-10-26-13-17(23(29)33-5-2)22(28)16-12-18(24)19(21(20(16)26)27(30)31)25-14-8-7-9-15(11-14)32-3/h7-9,11-13,25H,4-6,10H2,1-3H3. The molecule has 0 aliphatic carbocycles. The Balaban J connectivity index is 2.33. The lowest BCUT2D eigenvalue weighted by Gasteiger charge is -2.16. The van der Waals surface area contributed by atoms with E-state index in [4.69, 9.17) is 9.47 Å². The fourth-order valence-corrected chi connectivity index (χ4v) is 3.52. The molecule has 1 heterocycles. The SMILES string of the molecule is CCCCn1cc(C(=O)OCC)c(=O)c2cc(F)c(Nc3cccc(OC)c3)c([N+](=O)[O-])c21. The molecule has 0 spiro atoms. The number of methoxy groups -OCH3 is 1. The van der Waals surface area contributed by atoms with Gasteiger partial charge in [-0.2, -0.15) is 0 Å². The van der Waals surface area contributed by atoms with Gasteiger partial charge >= 0.3 is 11.7 Å². The van der Waals surface area contributed by atoms with Gasteiger partial charge in [0.25, 0.3) is 0 Å². The van der Waals surface area contributed by atoms with Crippen molar-refractivity contribution in [2.24, 2.45) is 0 Å². The Morgan fingerprint density at radius 2 is 2.03 bits per heavy atom. The van der Waals surface area contributed by atoms with E-state index in [1.54, 1.807) is 31.2 Å². The lowest BCUT2D eigenvalue weighted by Crippen LogP contribution is -2.22. The van der Waals surface area contributed by atoms with Crippen molar-refractivity contribution < 1.29 is 23.6 Å². The van der Waals surface area contributed by atoms with Gasteiger partial charge in [0.2, 0.25) is 5.43 Å². The summed E-state index contributed by atoms with van der Waals surface area (Å²) in [5, 5.41) is 14.6. The molecular formula is C23H24FN3O6. The Morgan fingerprint density at radius 1 is 1.27 bits per heavy atom. The van der Waals surface area contributed by atoms with Crippen LogP contribution in [0.1, 0.15) is 37.0 Å². The molecule has 0 aliphatic rings. The van der Waals surface area contributed by atoms with Crippen LogP contribution in [0.5, 0.6) is 5.75 Å². The highest BCUT2D eigenvalue weighted by Crippen LogP contribution is 2.37. The number of ether oxygens (including phenoxy) is 2. The minimum Gasteiger partial charge on any atom is -0.497 e. The number of unbranched alkanes of at least 4 members (excludes halogenated alkanes) is 1. The summed E-state index contributed by atoms with van der Waals surface area (Å²) in [4.78, 5) is 36.7. The van der Waals surface area contributed by atoms with Crippen LogP contribution in [0.25, 0.3) is 10.9 Å². The number of hydrogen-bond donors (Lipinski definition) is 1. The fraction of sp³-hybridized carbons (Fsp3) is 0.304. The second kappa shape index (κ2) is 10.1. The van der Waals surface area contributed by atoms with Gasteiger partial charge in [0.05, 0.1) is 24.0 Å². The number of esters is 1. The molecule has 10 heteroatoms. The van der Waals surface area contributed by atoms with Gasteiger partial charge in [0.1, 0.15) is 16.8 Å². The Kier molecular flexibility index (Phi) is 7.27. The van der Waals surface area contributed by atoms with Crippen LogP contribution in [0.2, 0.25) is 0 Å². The molecule has 0 saturated carbocycles. The van der Waals surface area contributed by atoms with Crippen LogP contribution < -0.4 is 15.5 Å². The zero-order valence-corrected chi connectivity index (χ0v) is 18.5. The first-order chi connectivity index (χ1) is 15.8. The Morgan fingerprint density at radius 3 is 2.67 bits per heavy atom. The van der Waals surface area contributed by atoms with E-state index in [0.717, 1.165) is 12.5 Å². The lowest BCUT2D eigenvalue weighted by atomic mass is 10.1. The molecule has 3 aromatic rings. The summed E-state index contributed by atoms with van der Waals surface area (Å²) < 4.78 is 26.7. The number of nitro benzene ring substituents is 1. The van der Waals surface area contributed by atoms with Crippen LogP contribution in [0.4, 0.5) is 21.5 Å². The summed E-state index contributed by atoms with van der Waals surface area (Å²) in [5.74, 6) is -1.39. The van der Waals surface area contributed by atoms with E-state index >= 15 is 4.39 Å². The Labute approximate surface area is 188 Å². The number of nitrogens with zero attached hydrogens (tertiary/aromatic N) is 2. The van der Waals surface area contributed by atoms with Crippen LogP contribution in [0.3, 0.4) is 0 Å². The number of nitro groups is 1. The van der Waals surface area contributed by atoms with Gasteiger partial charge in [0.15, 0.2) is 11.5 Å². The van der Waals surface area contributed by atoms with Gasteiger partial charge in [-0.1, -0.05) is 19.4 Å². The maximum absolute atomic E-state index is 15.2. The third-order valence-electron chi connectivity index (χ3n) is 5.06. The number of fused-ring (bicyclic) bond motifs is 1. The highest BCUT2D eigenvalue weighted by Gasteiger charge is 2.29. The summed E-state index contributed by atoms with van der Waals surface area (Å²) in [6.45, 7) is 3.85. The zero-order valence-electron chi connectivity index (χ0n) is 18.5. The Hall–Kier alpha value is -3.95. The third-order valence-corrected chi connectivity index (χ3v) is 5.06. The van der Waals surface area contributed by atoms with Crippen molar-refractivity contribution in [3.8, 4) is 5.75 Å². The van der Waals surface area contributed by atoms with Crippen molar-refractivity contribution in [3.63, 3.8) is 0 Å². The molecule has 0 atom stereocenters. The van der Waals surface area contributed by atoms with Crippen LogP contribution >= 0.6 is 0 Å². The highest BCUT2D eigenvalue weighted by molar-refractivity contribution is 5.99. The second-order valence-corrected chi connectivity index (χ2v) is 7.23. The third kappa shape index (κ3) is 4.79. The molecule has 0 radical (unpaired) electrons. The molecule has 0 bridgehead atoms. The van der Waals surface area contributed by atoms with Crippen molar-refractivity contribution in [1.82, 2.24) is 4.57 Å². The minimum atomic E-state index is -1.00. The quantitative estimate of drug-likeness (QED) is 0.280. The van der Waals surface area contributed by atoms with Crippen LogP contribution in [0.15, 0.2) is 41.3 Å². The van der Waals surface area contributed by atoms with E-state index in [9.17, 15) is 19.7 Å². The highest BCUT2D eigenvalue weighted by atomic mass is 19.1. The first kappa shape index (κ1) is 23.7. The predicted molar refractivity (Wildman–Crippen MR) is 122 cm³/mol. The molecule has 174 valence electrons. The first-order valence-electron chi connectivity index (χ1n) is 10.4. The van der Waals surface area contributed by atoms with Crippen molar-refractivity contribution in [2.45, 2.75) is 33.2 Å². The number of pyridine rings is 1. The molecule has 0 saturated heterocycles. The molecule has 9 nitrogen and oxygen atoms in total. The van der Waals surface area contributed by atoms with E-state index in [-0.39, 0.29) is 29.6 Å². The lowest BCUT2D eigenvalue weighted by molar-refractivity contribution is -0.382. The summed E-state index contributed by atoms with van der Waals surface area (Å²) in [6, 6.07) is 7.40. The van der Waals surface area contributed by atoms with Gasteiger partial charge in [-0.25, -0.2) is 9.18 Å². The van der Waals surface area contributed by atoms with Crippen LogP contribution in [-0.2, 0) is 11.3 Å². The number of halogens is 1. The number of rotatable bonds is 9. The summed E-state index contributed by atoms with van der Waals surface area (Å²) >= 11 is 0. The second-order valence-electron chi connectivity index (χ2n) is 7.23. The van der Waals surface area contributed by atoms with E-state index in [0.29, 0.717) is 17.9 Å². The van der Waals surface area contributed by atoms with E-state index in [1.165, 1.54) is 17.9 Å². The van der Waals surface area contributed by atoms with Crippen molar-refractivity contribution in [3.05, 3.63) is 68.2 Å². The first-order valence-corrected chi connectivity index (χ1v) is 10.4. The number of benzene rings is 2. The molecule has 3 rings (SSSR count). The van der Waals surface area contributed by atoms with Gasteiger partial charge < -0.3 is 19.4 Å². The largest absolute Gasteiger partial charge is 0.497 e. The molecule has 0 unspecified atom stereocenters. The molecular weight excluding hydrogens is 433 g/mol. The van der Waals surface area contributed by atoms with Gasteiger partial charge in [0, 0.05) is 24.5 Å². The number of aryl methyl sites for hydroxylation is 1. The van der Waals surface area contributed by atoms with E-state index in [1.807, 2.05) is 6.92 Å². The average Bonchev–Trinajstić information content (AvgIpc) is 2.79. The molecule has 1 aromatic heterocycles. The molecule has 1 N–H and O–H groups in total. The number of hydrogen-bond acceptors (Lipinski definition) is 7. The topological polar surface area (TPSA) is 113 Å².